The van der Waals surface area contributed by atoms with E-state index >= 15 is 0 Å². The van der Waals surface area contributed by atoms with Gasteiger partial charge in [0.05, 0.1) is 28.8 Å². The number of hydrogen-bond donors (Lipinski definition) is 3. The highest BCUT2D eigenvalue weighted by molar-refractivity contribution is 6.32. The maximum Gasteiger partial charge on any atom is 0.259 e. The molecular weight excluding hydrogens is 346 g/mol. The maximum absolute atomic E-state index is 12.6. The Morgan fingerprint density at radius 3 is 2.67 bits per heavy atom. The third kappa shape index (κ3) is 2.43. The summed E-state index contributed by atoms with van der Waals surface area (Å²) in [5.74, 6) is -1.62. The number of hydrogen-bond acceptors (Lipinski definition) is 4. The molecule has 0 atom stereocenters. The molecule has 1 aliphatic heterocycles. The minimum Gasteiger partial charge on any atom is -0.395 e. The van der Waals surface area contributed by atoms with E-state index in [1.54, 1.807) is 12.1 Å². The molecule has 0 spiro atoms. The molecule has 0 unspecified atom stereocenters. The van der Waals surface area contributed by atoms with E-state index in [1.165, 1.54) is 0 Å². The number of benzene rings is 2. The van der Waals surface area contributed by atoms with Gasteiger partial charge >= 0.3 is 0 Å². The van der Waals surface area contributed by atoms with Crippen LogP contribution in [0.3, 0.4) is 0 Å². The molecule has 3 aromatic rings. The topological polar surface area (TPSA) is 100 Å². The summed E-state index contributed by atoms with van der Waals surface area (Å²) < 4.78 is 1.96. The SMILES string of the molecule is C=CCn1c2ccccc2c2c3c(c(C(=O)NCCO)cc21)C(=O)NC3=O. The first kappa shape index (κ1) is 17.0. The van der Waals surface area contributed by atoms with Crippen LogP contribution in [-0.2, 0) is 6.54 Å². The van der Waals surface area contributed by atoms with Crippen molar-refractivity contribution in [1.82, 2.24) is 15.2 Å². The van der Waals surface area contributed by atoms with Crippen molar-refractivity contribution in [2.45, 2.75) is 6.54 Å². The van der Waals surface area contributed by atoms with Crippen LogP contribution in [0.5, 0.6) is 0 Å². The van der Waals surface area contributed by atoms with Crippen LogP contribution in [0.1, 0.15) is 31.1 Å². The third-order valence-electron chi connectivity index (χ3n) is 4.70. The number of carbonyl (C=O) groups is 3. The molecule has 0 radical (unpaired) electrons. The molecule has 2 aromatic carbocycles. The summed E-state index contributed by atoms with van der Waals surface area (Å²) in [4.78, 5) is 37.6. The second-order valence-electron chi connectivity index (χ2n) is 6.25. The van der Waals surface area contributed by atoms with Crippen LogP contribution in [0.4, 0.5) is 0 Å². The molecule has 0 fully saturated rings. The van der Waals surface area contributed by atoms with Crippen LogP contribution < -0.4 is 10.6 Å². The minimum atomic E-state index is -0.591. The molecular formula is C20H17N3O4. The van der Waals surface area contributed by atoms with Crippen LogP contribution in [0, 0.1) is 0 Å². The van der Waals surface area contributed by atoms with Crippen molar-refractivity contribution in [3.63, 3.8) is 0 Å². The van der Waals surface area contributed by atoms with Crippen molar-refractivity contribution in [3.05, 3.63) is 59.7 Å². The van der Waals surface area contributed by atoms with Gasteiger partial charge in [0.15, 0.2) is 0 Å². The van der Waals surface area contributed by atoms with Gasteiger partial charge in [-0.3, -0.25) is 19.7 Å². The standard InChI is InChI=1S/C20H17N3O4/c1-2-8-23-13-6-4-3-5-11(13)15-14(23)10-12(18(25)21-7-9-24)16-17(15)20(27)22-19(16)26/h2-6,10,24H,1,7-9H2,(H,21,25)(H,22,26,27). The molecule has 3 amide bonds. The Hall–Kier alpha value is -3.45. The summed E-state index contributed by atoms with van der Waals surface area (Å²) in [5, 5.41) is 15.3. The van der Waals surface area contributed by atoms with Gasteiger partial charge in [-0.15, -0.1) is 6.58 Å². The summed E-state index contributed by atoms with van der Waals surface area (Å²) in [7, 11) is 0. The number of aliphatic hydroxyl groups excluding tert-OH is 1. The zero-order valence-electron chi connectivity index (χ0n) is 14.4. The van der Waals surface area contributed by atoms with Crippen LogP contribution in [0.2, 0.25) is 0 Å². The average molecular weight is 363 g/mol. The molecule has 0 saturated carbocycles. The number of fused-ring (bicyclic) bond motifs is 5. The Balaban J connectivity index is 2.14. The first-order valence-electron chi connectivity index (χ1n) is 8.52. The smallest absolute Gasteiger partial charge is 0.259 e. The normalized spacial score (nSPS) is 13.1. The van der Waals surface area contributed by atoms with Crippen LogP contribution in [0.25, 0.3) is 21.8 Å². The molecule has 7 heteroatoms. The van der Waals surface area contributed by atoms with Gasteiger partial charge in [0.25, 0.3) is 17.7 Å². The van der Waals surface area contributed by atoms with E-state index in [2.05, 4.69) is 17.2 Å². The van der Waals surface area contributed by atoms with Crippen LogP contribution in [0.15, 0.2) is 43.0 Å². The Bertz CT molecular complexity index is 1140. The molecule has 4 rings (SSSR count). The van der Waals surface area contributed by atoms with Gasteiger partial charge in [0, 0.05) is 29.4 Å². The van der Waals surface area contributed by atoms with E-state index in [0.29, 0.717) is 17.4 Å². The number of amides is 3. The lowest BCUT2D eigenvalue weighted by Crippen LogP contribution is -2.28. The van der Waals surface area contributed by atoms with E-state index in [1.807, 2.05) is 28.8 Å². The van der Waals surface area contributed by atoms with E-state index < -0.39 is 17.7 Å². The van der Waals surface area contributed by atoms with Gasteiger partial charge in [-0.05, 0) is 12.1 Å². The lowest BCUT2D eigenvalue weighted by Gasteiger charge is -2.10. The fraction of sp³-hybridized carbons (Fsp3) is 0.150. The Morgan fingerprint density at radius 2 is 1.93 bits per heavy atom. The average Bonchev–Trinajstić information content (AvgIpc) is 3.14. The fourth-order valence-electron chi connectivity index (χ4n) is 3.67. The number of rotatable bonds is 5. The molecule has 0 bridgehead atoms. The number of aliphatic hydroxyl groups is 1. The molecule has 3 N–H and O–H groups in total. The second kappa shape index (κ2) is 6.37. The monoisotopic (exact) mass is 363 g/mol. The Kier molecular flexibility index (Phi) is 4.01. The van der Waals surface area contributed by atoms with Gasteiger partial charge in [-0.1, -0.05) is 24.3 Å². The zero-order chi connectivity index (χ0) is 19.1. The summed E-state index contributed by atoms with van der Waals surface area (Å²) in [6, 6.07) is 9.19. The second-order valence-corrected chi connectivity index (χ2v) is 6.25. The highest BCUT2D eigenvalue weighted by Gasteiger charge is 2.35. The highest BCUT2D eigenvalue weighted by Crippen LogP contribution is 2.37. The first-order valence-corrected chi connectivity index (χ1v) is 8.52. The van der Waals surface area contributed by atoms with E-state index in [9.17, 15) is 14.4 Å². The van der Waals surface area contributed by atoms with Crippen molar-refractivity contribution < 1.29 is 19.5 Å². The van der Waals surface area contributed by atoms with Gasteiger partial charge in [0.1, 0.15) is 0 Å². The Labute approximate surface area is 154 Å². The first-order chi connectivity index (χ1) is 13.1. The molecule has 0 saturated heterocycles. The summed E-state index contributed by atoms with van der Waals surface area (Å²) >= 11 is 0. The number of nitrogens with zero attached hydrogens (tertiary/aromatic N) is 1. The number of allylic oxidation sites excluding steroid dienone is 1. The van der Waals surface area contributed by atoms with Gasteiger partial charge in [-0.25, -0.2) is 0 Å². The van der Waals surface area contributed by atoms with E-state index in [0.717, 1.165) is 10.9 Å². The van der Waals surface area contributed by atoms with Crippen molar-refractivity contribution >= 4 is 39.5 Å². The van der Waals surface area contributed by atoms with Gasteiger partial charge in [-0.2, -0.15) is 0 Å². The van der Waals surface area contributed by atoms with Crippen molar-refractivity contribution in [3.8, 4) is 0 Å². The Morgan fingerprint density at radius 1 is 1.19 bits per heavy atom. The number of imide groups is 1. The number of para-hydroxylation sites is 1. The highest BCUT2D eigenvalue weighted by atomic mass is 16.3. The molecule has 1 aromatic heterocycles. The largest absolute Gasteiger partial charge is 0.395 e. The lowest BCUT2D eigenvalue weighted by molar-refractivity contribution is 0.0871. The number of aromatic nitrogens is 1. The van der Waals surface area contributed by atoms with Gasteiger partial charge < -0.3 is 15.0 Å². The molecule has 1 aliphatic rings. The lowest BCUT2D eigenvalue weighted by atomic mass is 9.96. The fourth-order valence-corrected chi connectivity index (χ4v) is 3.67. The van der Waals surface area contributed by atoms with Crippen LogP contribution >= 0.6 is 0 Å². The van der Waals surface area contributed by atoms with Crippen molar-refractivity contribution in [1.29, 1.82) is 0 Å². The van der Waals surface area contributed by atoms with Crippen molar-refractivity contribution in [2.24, 2.45) is 0 Å². The summed E-state index contributed by atoms with van der Waals surface area (Å²) in [5.41, 5.74) is 1.96. The van der Waals surface area contributed by atoms with Gasteiger partial charge in [0.2, 0.25) is 0 Å². The van der Waals surface area contributed by atoms with Crippen molar-refractivity contribution in [2.75, 3.05) is 13.2 Å². The quantitative estimate of drug-likeness (QED) is 0.473. The van der Waals surface area contributed by atoms with E-state index in [-0.39, 0.29) is 29.8 Å². The minimum absolute atomic E-state index is 0.0524. The third-order valence-corrected chi connectivity index (χ3v) is 4.70. The predicted octanol–water partition coefficient (Wildman–Crippen LogP) is 1.59. The number of nitrogens with one attached hydrogen (secondary N) is 2. The predicted molar refractivity (Wildman–Crippen MR) is 101 cm³/mol. The molecule has 7 nitrogen and oxygen atoms in total. The zero-order valence-corrected chi connectivity index (χ0v) is 14.4. The molecule has 27 heavy (non-hydrogen) atoms. The molecule has 0 aliphatic carbocycles. The summed E-state index contributed by atoms with van der Waals surface area (Å²) in [6.45, 7) is 4.10. The van der Waals surface area contributed by atoms with E-state index in [4.69, 9.17) is 5.11 Å². The molecule has 2 heterocycles. The van der Waals surface area contributed by atoms with Crippen LogP contribution in [-0.4, -0.2) is 40.5 Å². The number of carbonyl (C=O) groups excluding carboxylic acids is 3. The summed E-state index contributed by atoms with van der Waals surface area (Å²) in [6.07, 6.45) is 1.73. The maximum atomic E-state index is 12.6. The molecule has 136 valence electrons.